The summed E-state index contributed by atoms with van der Waals surface area (Å²) in [4.78, 5) is 30.1. The third kappa shape index (κ3) is 3.54. The van der Waals surface area contributed by atoms with E-state index in [-0.39, 0.29) is 6.54 Å². The highest BCUT2D eigenvalue weighted by molar-refractivity contribution is 7.80. The molecule has 148 valence electrons. The Labute approximate surface area is 159 Å². The Kier molecular flexibility index (Phi) is 4.49. The maximum Gasteiger partial charge on any atom is 0.418 e. The van der Waals surface area contributed by atoms with Crippen molar-refractivity contribution < 1.29 is 26.8 Å². The number of hydroxylamine groups is 2. The molecular formula is C15H16N6O6S. The van der Waals surface area contributed by atoms with Gasteiger partial charge in [0.1, 0.15) is 18.7 Å². The van der Waals surface area contributed by atoms with E-state index in [2.05, 4.69) is 19.7 Å². The predicted molar refractivity (Wildman–Crippen MR) is 93.4 cm³/mol. The molecule has 0 spiro atoms. The van der Waals surface area contributed by atoms with Gasteiger partial charge in [0.2, 0.25) is 5.91 Å². The second-order valence-electron chi connectivity index (χ2n) is 6.39. The lowest BCUT2D eigenvalue weighted by Gasteiger charge is -2.29. The predicted octanol–water partition coefficient (Wildman–Crippen LogP) is 0.209. The van der Waals surface area contributed by atoms with Crippen LogP contribution in [0.5, 0.6) is 0 Å². The molecule has 12 nitrogen and oxygen atoms in total. The molecule has 4 rings (SSSR count). The summed E-state index contributed by atoms with van der Waals surface area (Å²) in [5, 5.41) is 7.37. The van der Waals surface area contributed by atoms with Crippen molar-refractivity contribution in [2.45, 2.75) is 24.9 Å². The van der Waals surface area contributed by atoms with Crippen LogP contribution in [0.2, 0.25) is 0 Å². The highest BCUT2D eigenvalue weighted by Gasteiger charge is 2.49. The number of carbonyl (C=O) groups excluding carboxylic acids is 2. The fraction of sp³-hybridized carbons (Fsp3) is 0.333. The molecule has 3 heterocycles. The summed E-state index contributed by atoms with van der Waals surface area (Å²) >= 11 is 0. The molecule has 2 atom stereocenters. The number of benzene rings is 1. The molecule has 0 saturated carbocycles. The van der Waals surface area contributed by atoms with Crippen LogP contribution in [-0.4, -0.2) is 68.3 Å². The lowest BCUT2D eigenvalue weighted by Crippen LogP contribution is -2.47. The van der Waals surface area contributed by atoms with Crippen LogP contribution < -0.4 is 5.32 Å². The molecule has 2 N–H and O–H groups in total. The summed E-state index contributed by atoms with van der Waals surface area (Å²) in [6, 6.07) is 4.81. The SMILES string of the molecule is O=C(Nc1ccc(-n2cncn2)cc1)[C@@H]1CC[C@@H]2CN1C(=O)N2OS(=O)(=O)O. The van der Waals surface area contributed by atoms with E-state index in [0.29, 0.717) is 23.6 Å². The van der Waals surface area contributed by atoms with E-state index in [1.54, 1.807) is 35.3 Å². The van der Waals surface area contributed by atoms with Gasteiger partial charge < -0.3 is 10.2 Å². The molecule has 2 fully saturated rings. The molecule has 2 aromatic rings. The fourth-order valence-corrected chi connectivity index (χ4v) is 3.76. The number of piperidine rings is 1. The second kappa shape index (κ2) is 6.85. The van der Waals surface area contributed by atoms with Crippen LogP contribution in [0.4, 0.5) is 10.5 Å². The normalized spacial score (nSPS) is 21.8. The van der Waals surface area contributed by atoms with E-state index in [0.717, 1.165) is 5.69 Å². The van der Waals surface area contributed by atoms with E-state index < -0.39 is 34.4 Å². The van der Waals surface area contributed by atoms with Crippen LogP contribution >= 0.6 is 0 Å². The molecule has 2 aliphatic rings. The lowest BCUT2D eigenvalue weighted by molar-refractivity contribution is -0.120. The molecule has 0 unspecified atom stereocenters. The summed E-state index contributed by atoms with van der Waals surface area (Å²) in [5.41, 5.74) is 1.30. The highest BCUT2D eigenvalue weighted by atomic mass is 32.3. The largest absolute Gasteiger partial charge is 0.418 e. The fourth-order valence-electron chi connectivity index (χ4n) is 3.37. The van der Waals surface area contributed by atoms with E-state index in [1.165, 1.54) is 11.2 Å². The Hall–Kier alpha value is -3.03. The number of anilines is 1. The van der Waals surface area contributed by atoms with Gasteiger partial charge in [-0.3, -0.25) is 9.35 Å². The Morgan fingerprint density at radius 3 is 2.64 bits per heavy atom. The van der Waals surface area contributed by atoms with Gasteiger partial charge in [-0.1, -0.05) is 0 Å². The van der Waals surface area contributed by atoms with Gasteiger partial charge >= 0.3 is 16.4 Å². The molecule has 2 saturated heterocycles. The van der Waals surface area contributed by atoms with Crippen molar-refractivity contribution in [3.8, 4) is 5.69 Å². The van der Waals surface area contributed by atoms with Gasteiger partial charge in [-0.15, -0.1) is 4.28 Å². The number of hydrogen-bond donors (Lipinski definition) is 2. The second-order valence-corrected chi connectivity index (χ2v) is 7.39. The summed E-state index contributed by atoms with van der Waals surface area (Å²) in [6.07, 6.45) is 3.66. The number of rotatable bonds is 5. The number of aromatic nitrogens is 3. The number of nitrogens with zero attached hydrogens (tertiary/aromatic N) is 5. The van der Waals surface area contributed by atoms with Crippen LogP contribution in [-0.2, 0) is 19.5 Å². The monoisotopic (exact) mass is 408 g/mol. The van der Waals surface area contributed by atoms with Crippen molar-refractivity contribution in [3.05, 3.63) is 36.9 Å². The van der Waals surface area contributed by atoms with Crippen LogP contribution in [0.15, 0.2) is 36.9 Å². The summed E-state index contributed by atoms with van der Waals surface area (Å²) in [7, 11) is -4.82. The lowest BCUT2D eigenvalue weighted by atomic mass is 10.0. The molecule has 2 aliphatic heterocycles. The number of carbonyl (C=O) groups is 2. The highest BCUT2D eigenvalue weighted by Crippen LogP contribution is 2.31. The standard InChI is InChI=1S/C15H16N6O6S/c22-14(18-10-1-3-11(4-2-10)20-9-16-8-17-20)13-6-5-12-7-19(13)15(23)21(12)27-28(24,25)26/h1-4,8-9,12-13H,5-7H2,(H,18,22)(H,24,25,26)/t12-,13+/m1/s1. The maximum atomic E-state index is 12.6. The van der Waals surface area contributed by atoms with Gasteiger partial charge in [0, 0.05) is 12.2 Å². The van der Waals surface area contributed by atoms with E-state index in [4.69, 9.17) is 4.55 Å². The smallest absolute Gasteiger partial charge is 0.324 e. The first kappa shape index (κ1) is 18.3. The van der Waals surface area contributed by atoms with E-state index in [1.807, 2.05) is 0 Å². The minimum absolute atomic E-state index is 0.137. The number of fused-ring (bicyclic) bond motifs is 2. The van der Waals surface area contributed by atoms with Crippen molar-refractivity contribution in [1.82, 2.24) is 24.7 Å². The summed E-state index contributed by atoms with van der Waals surface area (Å²) < 4.78 is 36.6. The van der Waals surface area contributed by atoms with E-state index >= 15 is 0 Å². The molecular weight excluding hydrogens is 392 g/mol. The van der Waals surface area contributed by atoms with Crippen LogP contribution in [0, 0.1) is 0 Å². The maximum absolute atomic E-state index is 12.6. The van der Waals surface area contributed by atoms with Gasteiger partial charge in [-0.2, -0.15) is 18.6 Å². The Morgan fingerprint density at radius 1 is 1.25 bits per heavy atom. The minimum Gasteiger partial charge on any atom is -0.324 e. The van der Waals surface area contributed by atoms with Gasteiger partial charge in [0.25, 0.3) is 0 Å². The van der Waals surface area contributed by atoms with Crippen LogP contribution in [0.3, 0.4) is 0 Å². The molecule has 0 aliphatic carbocycles. The Balaban J connectivity index is 1.44. The molecule has 28 heavy (non-hydrogen) atoms. The number of nitrogens with one attached hydrogen (secondary N) is 1. The first-order chi connectivity index (χ1) is 13.3. The Morgan fingerprint density at radius 2 is 2.00 bits per heavy atom. The van der Waals surface area contributed by atoms with Crippen molar-refractivity contribution >= 4 is 28.0 Å². The van der Waals surface area contributed by atoms with Crippen LogP contribution in [0.25, 0.3) is 5.69 Å². The topological polar surface area (TPSA) is 147 Å². The molecule has 0 radical (unpaired) electrons. The van der Waals surface area contributed by atoms with Gasteiger partial charge in [0.15, 0.2) is 0 Å². The first-order valence-corrected chi connectivity index (χ1v) is 9.71. The molecule has 13 heteroatoms. The van der Waals surface area contributed by atoms with Crippen molar-refractivity contribution in [1.29, 1.82) is 0 Å². The van der Waals surface area contributed by atoms with Crippen molar-refractivity contribution in [2.75, 3.05) is 11.9 Å². The molecule has 1 aromatic carbocycles. The number of urea groups is 1. The van der Waals surface area contributed by atoms with Gasteiger partial charge in [-0.05, 0) is 37.1 Å². The van der Waals surface area contributed by atoms with E-state index in [9.17, 15) is 18.0 Å². The average Bonchev–Trinajstić information content (AvgIpc) is 3.26. The van der Waals surface area contributed by atoms with Gasteiger partial charge in [-0.25, -0.2) is 14.5 Å². The summed E-state index contributed by atoms with van der Waals surface area (Å²) in [6.45, 7) is 0.137. The zero-order chi connectivity index (χ0) is 19.9. The zero-order valence-corrected chi connectivity index (χ0v) is 15.2. The summed E-state index contributed by atoms with van der Waals surface area (Å²) in [5.74, 6) is -0.394. The van der Waals surface area contributed by atoms with Crippen LogP contribution in [0.1, 0.15) is 12.8 Å². The number of amides is 3. The molecule has 1 aromatic heterocycles. The molecule has 3 amide bonds. The van der Waals surface area contributed by atoms with Crippen molar-refractivity contribution in [2.24, 2.45) is 0 Å². The van der Waals surface area contributed by atoms with Crippen molar-refractivity contribution in [3.63, 3.8) is 0 Å². The minimum atomic E-state index is -4.82. The quantitative estimate of drug-likeness (QED) is 0.667. The Bertz CT molecular complexity index is 993. The number of hydrogen-bond acceptors (Lipinski definition) is 7. The third-order valence-electron chi connectivity index (χ3n) is 4.62. The first-order valence-electron chi connectivity index (χ1n) is 8.34. The van der Waals surface area contributed by atoms with Gasteiger partial charge in [0.05, 0.1) is 11.7 Å². The average molecular weight is 408 g/mol. The zero-order valence-electron chi connectivity index (χ0n) is 14.4. The molecule has 2 bridgehead atoms. The third-order valence-corrected chi connectivity index (χ3v) is 4.97.